The van der Waals surface area contributed by atoms with E-state index in [2.05, 4.69) is 73.3 Å². The fourth-order valence-corrected chi connectivity index (χ4v) is 3.88. The third kappa shape index (κ3) is 3.41. The van der Waals surface area contributed by atoms with Crippen LogP contribution in [0.2, 0.25) is 18.1 Å². The molecule has 0 amide bonds. The second kappa shape index (κ2) is 5.22. The summed E-state index contributed by atoms with van der Waals surface area (Å²) >= 11 is 3.54. The van der Waals surface area contributed by atoms with E-state index in [0.29, 0.717) is 6.10 Å². The highest BCUT2D eigenvalue weighted by molar-refractivity contribution is 9.10. The standard InChI is InChI=1S/C15H24BrNOSi/c1-15(2,3)19(4,5)18-13-9-11-8-12(16)6-7-14(11)17-10-13/h6-8,13,17H,9-10H2,1-5H3. The van der Waals surface area contributed by atoms with Gasteiger partial charge in [-0.05, 0) is 41.9 Å². The molecule has 19 heavy (non-hydrogen) atoms. The van der Waals surface area contributed by atoms with Crippen molar-refractivity contribution >= 4 is 29.9 Å². The minimum atomic E-state index is -1.68. The molecule has 1 aliphatic heterocycles. The Hall–Kier alpha value is -0.323. The summed E-state index contributed by atoms with van der Waals surface area (Å²) < 4.78 is 7.64. The first-order valence-corrected chi connectivity index (χ1v) is 10.6. The smallest absolute Gasteiger partial charge is 0.192 e. The van der Waals surface area contributed by atoms with Crippen molar-refractivity contribution < 1.29 is 4.43 Å². The normalized spacial score (nSPS) is 19.8. The number of hydrogen-bond donors (Lipinski definition) is 1. The van der Waals surface area contributed by atoms with E-state index in [9.17, 15) is 0 Å². The fraction of sp³-hybridized carbons (Fsp3) is 0.600. The molecule has 0 saturated heterocycles. The molecule has 4 heteroatoms. The van der Waals surface area contributed by atoms with Gasteiger partial charge in [0.15, 0.2) is 8.32 Å². The Morgan fingerprint density at radius 1 is 1.32 bits per heavy atom. The molecule has 2 rings (SSSR count). The van der Waals surface area contributed by atoms with Crippen LogP contribution in [-0.2, 0) is 10.8 Å². The Morgan fingerprint density at radius 2 is 2.00 bits per heavy atom. The zero-order chi connectivity index (χ0) is 14.3. The molecule has 0 saturated carbocycles. The topological polar surface area (TPSA) is 21.3 Å². The molecule has 0 radical (unpaired) electrons. The third-order valence-electron chi connectivity index (χ3n) is 4.30. The predicted molar refractivity (Wildman–Crippen MR) is 88.4 cm³/mol. The van der Waals surface area contributed by atoms with Crippen molar-refractivity contribution in [3.8, 4) is 0 Å². The van der Waals surface area contributed by atoms with Crippen molar-refractivity contribution in [2.24, 2.45) is 0 Å². The summed E-state index contributed by atoms with van der Waals surface area (Å²) in [6.07, 6.45) is 1.30. The van der Waals surface area contributed by atoms with E-state index >= 15 is 0 Å². The highest BCUT2D eigenvalue weighted by Crippen LogP contribution is 2.38. The number of benzene rings is 1. The van der Waals surface area contributed by atoms with E-state index in [4.69, 9.17) is 4.43 Å². The van der Waals surface area contributed by atoms with Crippen LogP contribution in [0, 0.1) is 0 Å². The summed E-state index contributed by atoms with van der Waals surface area (Å²) in [5, 5.41) is 3.76. The molecule has 1 aliphatic rings. The highest BCUT2D eigenvalue weighted by Gasteiger charge is 2.39. The van der Waals surface area contributed by atoms with Crippen LogP contribution in [0.3, 0.4) is 0 Å². The van der Waals surface area contributed by atoms with Crippen molar-refractivity contribution in [1.29, 1.82) is 0 Å². The van der Waals surface area contributed by atoms with Crippen molar-refractivity contribution in [1.82, 2.24) is 0 Å². The lowest BCUT2D eigenvalue weighted by molar-refractivity contribution is 0.189. The van der Waals surface area contributed by atoms with Gasteiger partial charge < -0.3 is 9.74 Å². The van der Waals surface area contributed by atoms with E-state index < -0.39 is 8.32 Å². The maximum Gasteiger partial charge on any atom is 0.192 e. The van der Waals surface area contributed by atoms with Crippen LogP contribution in [-0.4, -0.2) is 21.0 Å². The first-order chi connectivity index (χ1) is 8.69. The first kappa shape index (κ1) is 15.1. The van der Waals surface area contributed by atoms with Gasteiger partial charge in [0.2, 0.25) is 0 Å². The average molecular weight is 342 g/mol. The van der Waals surface area contributed by atoms with Crippen LogP contribution in [0.5, 0.6) is 0 Å². The molecule has 1 heterocycles. The van der Waals surface area contributed by atoms with Gasteiger partial charge in [0.25, 0.3) is 0 Å². The van der Waals surface area contributed by atoms with Crippen LogP contribution in [0.4, 0.5) is 5.69 Å². The largest absolute Gasteiger partial charge is 0.412 e. The van der Waals surface area contributed by atoms with Crippen LogP contribution in [0.25, 0.3) is 0 Å². The van der Waals surface area contributed by atoms with Gasteiger partial charge in [0, 0.05) is 23.1 Å². The van der Waals surface area contributed by atoms with E-state index in [1.807, 2.05) is 0 Å². The molecule has 1 unspecified atom stereocenters. The summed E-state index contributed by atoms with van der Waals surface area (Å²) in [5.74, 6) is 0. The second-order valence-electron chi connectivity index (χ2n) is 6.89. The number of hydrogen-bond acceptors (Lipinski definition) is 2. The summed E-state index contributed by atoms with van der Waals surface area (Å²) in [7, 11) is -1.68. The minimum Gasteiger partial charge on any atom is -0.412 e. The number of fused-ring (bicyclic) bond motifs is 1. The Morgan fingerprint density at radius 3 is 2.63 bits per heavy atom. The average Bonchev–Trinajstić information content (AvgIpc) is 2.26. The number of halogens is 1. The molecule has 0 bridgehead atoms. The molecule has 106 valence electrons. The molecular formula is C15H24BrNOSi. The van der Waals surface area contributed by atoms with E-state index in [0.717, 1.165) is 17.4 Å². The lowest BCUT2D eigenvalue weighted by Crippen LogP contribution is -2.47. The number of rotatable bonds is 2. The second-order valence-corrected chi connectivity index (χ2v) is 12.6. The van der Waals surface area contributed by atoms with Gasteiger partial charge in [-0.3, -0.25) is 0 Å². The van der Waals surface area contributed by atoms with Gasteiger partial charge in [0.05, 0.1) is 6.10 Å². The van der Waals surface area contributed by atoms with Gasteiger partial charge in [0.1, 0.15) is 0 Å². The molecule has 0 aliphatic carbocycles. The summed E-state index contributed by atoms with van der Waals surface area (Å²) in [5.41, 5.74) is 2.60. The highest BCUT2D eigenvalue weighted by atomic mass is 79.9. The molecule has 0 spiro atoms. The van der Waals surface area contributed by atoms with Crippen LogP contribution in [0.15, 0.2) is 22.7 Å². The fourth-order valence-electron chi connectivity index (χ4n) is 2.12. The van der Waals surface area contributed by atoms with Gasteiger partial charge in [-0.25, -0.2) is 0 Å². The third-order valence-corrected chi connectivity index (χ3v) is 9.33. The Kier molecular flexibility index (Phi) is 4.14. The molecule has 2 nitrogen and oxygen atoms in total. The van der Waals surface area contributed by atoms with Crippen molar-refractivity contribution in [3.63, 3.8) is 0 Å². The molecule has 1 atom stereocenters. The lowest BCUT2D eigenvalue weighted by Gasteiger charge is -2.40. The van der Waals surface area contributed by atoms with Crippen molar-refractivity contribution in [2.75, 3.05) is 11.9 Å². The molecule has 0 aromatic heterocycles. The summed E-state index contributed by atoms with van der Waals surface area (Å²) in [6.45, 7) is 12.4. The van der Waals surface area contributed by atoms with Gasteiger partial charge in [-0.15, -0.1) is 0 Å². The van der Waals surface area contributed by atoms with E-state index in [-0.39, 0.29) is 5.04 Å². The van der Waals surface area contributed by atoms with Crippen LogP contribution in [0.1, 0.15) is 26.3 Å². The lowest BCUT2D eigenvalue weighted by atomic mass is 10.0. The molecule has 0 fully saturated rings. The molecule has 1 aromatic rings. The van der Waals surface area contributed by atoms with Gasteiger partial charge >= 0.3 is 0 Å². The van der Waals surface area contributed by atoms with E-state index in [1.54, 1.807) is 0 Å². The van der Waals surface area contributed by atoms with Crippen LogP contribution < -0.4 is 5.32 Å². The Balaban J connectivity index is 2.10. The molecular weight excluding hydrogens is 318 g/mol. The van der Waals surface area contributed by atoms with Gasteiger partial charge in [-0.2, -0.15) is 0 Å². The summed E-state index contributed by atoms with van der Waals surface area (Å²) in [6, 6.07) is 6.42. The monoisotopic (exact) mass is 341 g/mol. The maximum atomic E-state index is 6.50. The SMILES string of the molecule is CC(C)(C)[Si](C)(C)OC1CNc2ccc(Br)cc2C1. The quantitative estimate of drug-likeness (QED) is 0.779. The number of nitrogens with one attached hydrogen (secondary N) is 1. The minimum absolute atomic E-state index is 0.268. The zero-order valence-electron chi connectivity index (χ0n) is 12.5. The Labute approximate surface area is 126 Å². The predicted octanol–water partition coefficient (Wildman–Crippen LogP) is 4.81. The molecule has 1 N–H and O–H groups in total. The van der Waals surface area contributed by atoms with Crippen molar-refractivity contribution in [3.05, 3.63) is 28.2 Å². The number of anilines is 1. The van der Waals surface area contributed by atoms with Crippen LogP contribution >= 0.6 is 15.9 Å². The van der Waals surface area contributed by atoms with Gasteiger partial charge in [-0.1, -0.05) is 36.7 Å². The zero-order valence-corrected chi connectivity index (χ0v) is 15.1. The van der Waals surface area contributed by atoms with E-state index in [1.165, 1.54) is 11.3 Å². The summed E-state index contributed by atoms with van der Waals surface area (Å²) in [4.78, 5) is 0. The molecule has 1 aromatic carbocycles. The Bertz CT molecular complexity index is 468. The van der Waals surface area contributed by atoms with Crippen molar-refractivity contribution in [2.45, 2.75) is 51.4 Å². The maximum absolute atomic E-state index is 6.50. The first-order valence-electron chi connectivity index (χ1n) is 6.89.